The van der Waals surface area contributed by atoms with Crippen molar-refractivity contribution in [2.45, 2.75) is 12.5 Å². The van der Waals surface area contributed by atoms with Gasteiger partial charge in [-0.05, 0) is 24.6 Å². The Labute approximate surface area is 202 Å². The standard InChI is InChI=1S/C29H20N6/c1-3-9-19(10-4-1)27-32-28(20-11-5-2-6-12-20)34-29(33-27)22-17-30-18-25-21(22)15-16-26-31-23-13-7-8-14-24(23)35(25)26/h1-13,15-18,24H,14H2. The summed E-state index contributed by atoms with van der Waals surface area (Å²) in [5.41, 5.74) is 5.91. The maximum atomic E-state index is 4.91. The predicted molar refractivity (Wildman–Crippen MR) is 139 cm³/mol. The van der Waals surface area contributed by atoms with Crippen LogP contribution in [0.5, 0.6) is 0 Å². The van der Waals surface area contributed by atoms with Gasteiger partial charge in [-0.25, -0.2) is 19.9 Å². The van der Waals surface area contributed by atoms with Gasteiger partial charge >= 0.3 is 0 Å². The first kappa shape index (κ1) is 19.7. The molecule has 0 N–H and O–H groups in total. The van der Waals surface area contributed by atoms with Gasteiger partial charge in [-0.15, -0.1) is 0 Å². The summed E-state index contributed by atoms with van der Waals surface area (Å²) in [5, 5.41) is 0. The number of nitrogens with zero attached hydrogens (tertiary/aromatic N) is 6. The second-order valence-electron chi connectivity index (χ2n) is 8.60. The summed E-state index contributed by atoms with van der Waals surface area (Å²) in [6.07, 6.45) is 15.2. The lowest BCUT2D eigenvalue weighted by molar-refractivity contribution is 0.779. The first-order valence-corrected chi connectivity index (χ1v) is 11.6. The van der Waals surface area contributed by atoms with Crippen LogP contribution in [0.3, 0.4) is 0 Å². The Morgan fingerprint density at radius 3 is 2.14 bits per heavy atom. The van der Waals surface area contributed by atoms with E-state index in [4.69, 9.17) is 19.9 Å². The molecule has 2 aromatic heterocycles. The van der Waals surface area contributed by atoms with Crippen molar-refractivity contribution in [1.29, 1.82) is 0 Å². The number of amidine groups is 1. The van der Waals surface area contributed by atoms with Gasteiger partial charge < -0.3 is 4.90 Å². The average Bonchev–Trinajstić information content (AvgIpc) is 3.33. The van der Waals surface area contributed by atoms with Gasteiger partial charge in [0.2, 0.25) is 0 Å². The molecule has 0 spiro atoms. The average molecular weight is 453 g/mol. The minimum Gasteiger partial charge on any atom is -0.315 e. The second kappa shape index (κ2) is 7.95. The number of hydrogen-bond acceptors (Lipinski definition) is 6. The van der Waals surface area contributed by atoms with Gasteiger partial charge in [0, 0.05) is 28.5 Å². The highest BCUT2D eigenvalue weighted by Crippen LogP contribution is 2.40. The highest BCUT2D eigenvalue weighted by Gasteiger charge is 2.35. The van der Waals surface area contributed by atoms with Gasteiger partial charge in [0.1, 0.15) is 5.84 Å². The fourth-order valence-electron chi connectivity index (χ4n) is 4.80. The molecule has 6 heteroatoms. The number of aliphatic imine (C=N–C) groups is 1. The molecule has 2 aromatic carbocycles. The zero-order chi connectivity index (χ0) is 23.2. The molecule has 0 bridgehead atoms. The normalized spacial score (nSPS) is 17.4. The van der Waals surface area contributed by atoms with Crippen LogP contribution in [0, 0.1) is 0 Å². The van der Waals surface area contributed by atoms with Crippen LogP contribution >= 0.6 is 0 Å². The zero-order valence-corrected chi connectivity index (χ0v) is 18.8. The number of rotatable bonds is 3. The van der Waals surface area contributed by atoms with E-state index in [1.54, 1.807) is 0 Å². The minimum absolute atomic E-state index is 0.189. The molecule has 0 saturated heterocycles. The van der Waals surface area contributed by atoms with Gasteiger partial charge in [-0.2, -0.15) is 0 Å². The van der Waals surface area contributed by atoms with E-state index in [0.29, 0.717) is 17.5 Å². The molecular formula is C29H20N6. The maximum Gasteiger partial charge on any atom is 0.166 e. The highest BCUT2D eigenvalue weighted by molar-refractivity contribution is 6.15. The Bertz CT molecular complexity index is 1510. The molecule has 4 aromatic rings. The van der Waals surface area contributed by atoms with Crippen molar-refractivity contribution >= 4 is 17.6 Å². The lowest BCUT2D eigenvalue weighted by Crippen LogP contribution is -2.37. The smallest absolute Gasteiger partial charge is 0.166 e. The molecule has 35 heavy (non-hydrogen) atoms. The fraction of sp³-hybridized carbons (Fsp3) is 0.0690. The third-order valence-corrected chi connectivity index (χ3v) is 6.47. The maximum absolute atomic E-state index is 4.91. The SMILES string of the molecule is C1=CCC2C(=C1)N=C1C=Cc3c(-c4nc(-c5ccccc5)nc(-c5ccccc5)n4)cncc3N12. The molecule has 3 aliphatic rings. The number of aromatic nitrogens is 4. The molecule has 6 nitrogen and oxygen atoms in total. The van der Waals surface area contributed by atoms with Gasteiger partial charge in [-0.3, -0.25) is 4.98 Å². The third kappa shape index (κ3) is 3.30. The van der Waals surface area contributed by atoms with Gasteiger partial charge in [0.25, 0.3) is 0 Å². The zero-order valence-electron chi connectivity index (χ0n) is 18.8. The summed E-state index contributed by atoms with van der Waals surface area (Å²) < 4.78 is 0. The van der Waals surface area contributed by atoms with Crippen LogP contribution in [0.25, 0.3) is 40.2 Å². The molecule has 4 heterocycles. The van der Waals surface area contributed by atoms with Crippen LogP contribution in [-0.2, 0) is 0 Å². The largest absolute Gasteiger partial charge is 0.315 e. The Kier molecular flexibility index (Phi) is 4.48. The summed E-state index contributed by atoms with van der Waals surface area (Å²) in [7, 11) is 0. The van der Waals surface area contributed by atoms with E-state index in [1.807, 2.05) is 73.1 Å². The monoisotopic (exact) mass is 452 g/mol. The van der Waals surface area contributed by atoms with E-state index in [1.165, 1.54) is 0 Å². The van der Waals surface area contributed by atoms with Crippen molar-refractivity contribution in [3.8, 4) is 34.2 Å². The number of anilines is 1. The Morgan fingerprint density at radius 1 is 0.743 bits per heavy atom. The van der Waals surface area contributed by atoms with E-state index in [9.17, 15) is 0 Å². The minimum atomic E-state index is 0.189. The molecule has 7 rings (SSSR count). The van der Waals surface area contributed by atoms with Crippen molar-refractivity contribution in [1.82, 2.24) is 19.9 Å². The van der Waals surface area contributed by atoms with E-state index in [0.717, 1.165) is 45.9 Å². The van der Waals surface area contributed by atoms with Crippen molar-refractivity contribution in [2.75, 3.05) is 4.90 Å². The molecule has 0 radical (unpaired) electrons. The number of allylic oxidation sites excluding steroid dienone is 2. The van der Waals surface area contributed by atoms with Crippen molar-refractivity contribution in [3.63, 3.8) is 0 Å². The van der Waals surface area contributed by atoms with Crippen LogP contribution in [0.1, 0.15) is 12.0 Å². The number of hydrogen-bond donors (Lipinski definition) is 0. The summed E-state index contributed by atoms with van der Waals surface area (Å²) >= 11 is 0. The van der Waals surface area contributed by atoms with Crippen LogP contribution < -0.4 is 4.90 Å². The first-order valence-electron chi connectivity index (χ1n) is 11.6. The number of pyridine rings is 1. The van der Waals surface area contributed by atoms with Crippen molar-refractivity contribution < 1.29 is 0 Å². The van der Waals surface area contributed by atoms with Crippen LogP contribution in [0.15, 0.2) is 108 Å². The fourth-order valence-corrected chi connectivity index (χ4v) is 4.80. The van der Waals surface area contributed by atoms with Crippen molar-refractivity contribution in [3.05, 3.63) is 109 Å². The summed E-state index contributed by atoms with van der Waals surface area (Å²) in [6.45, 7) is 0. The topological polar surface area (TPSA) is 67.2 Å². The molecule has 0 amide bonds. The van der Waals surface area contributed by atoms with Gasteiger partial charge in [-0.1, -0.05) is 72.8 Å². The van der Waals surface area contributed by atoms with Crippen LogP contribution in [0.4, 0.5) is 5.69 Å². The van der Waals surface area contributed by atoms with Crippen LogP contribution in [0.2, 0.25) is 0 Å². The molecule has 1 unspecified atom stereocenters. The van der Waals surface area contributed by atoms with E-state index >= 15 is 0 Å². The molecule has 0 saturated carbocycles. The first-order chi connectivity index (χ1) is 17.3. The molecular weight excluding hydrogens is 432 g/mol. The van der Waals surface area contributed by atoms with Gasteiger partial charge in [0.15, 0.2) is 17.5 Å². The van der Waals surface area contributed by atoms with E-state index < -0.39 is 0 Å². The molecule has 1 aliphatic carbocycles. The van der Waals surface area contributed by atoms with Gasteiger partial charge in [0.05, 0.1) is 23.6 Å². The Morgan fingerprint density at radius 2 is 1.43 bits per heavy atom. The third-order valence-electron chi connectivity index (χ3n) is 6.47. The lowest BCUT2D eigenvalue weighted by atomic mass is 9.99. The van der Waals surface area contributed by atoms with E-state index in [-0.39, 0.29) is 6.04 Å². The predicted octanol–water partition coefficient (Wildman–Crippen LogP) is 5.73. The summed E-state index contributed by atoms with van der Waals surface area (Å²) in [5.74, 6) is 2.82. The Balaban J connectivity index is 1.41. The lowest BCUT2D eigenvalue weighted by Gasteiger charge is -2.31. The molecule has 0 fully saturated rings. The summed E-state index contributed by atoms with van der Waals surface area (Å²) in [6, 6.07) is 20.2. The summed E-state index contributed by atoms with van der Waals surface area (Å²) in [4.78, 5) is 26.4. The number of benzene rings is 2. The highest BCUT2D eigenvalue weighted by atomic mass is 15.3. The van der Waals surface area contributed by atoms with Crippen LogP contribution in [-0.4, -0.2) is 31.8 Å². The van der Waals surface area contributed by atoms with Crippen molar-refractivity contribution in [2.24, 2.45) is 4.99 Å². The quantitative estimate of drug-likeness (QED) is 0.397. The molecule has 166 valence electrons. The second-order valence-corrected chi connectivity index (χ2v) is 8.60. The molecule has 2 aliphatic heterocycles. The van der Waals surface area contributed by atoms with E-state index in [2.05, 4.69) is 40.3 Å². The Hall–Kier alpha value is -4.71. The molecule has 1 atom stereocenters. The number of fused-ring (bicyclic) bond motifs is 5.